The molecule has 1 amide bonds. The average Bonchev–Trinajstić information content (AvgIpc) is 3.72. The first-order valence-corrected chi connectivity index (χ1v) is 19.8. The standard InChI is InChI=1S/C40H43N11O2S/c41-21-28-19-32-7-8-36(51(32)44-22-28)35-20-34(45-30-3-4-30)33(23-42-35)38-46-47-39(54-38)50-17-15-48(16-18-50)24-27-10-13-49(14-11-27)31-5-1-29(2-6-31)40(26-52)12-9-37(53)43-25-40/h1-2,5-8,19-20,22-23,26-27,30H,3-4,9-18,24-25H2,(H,42,45)(H,43,53)/t40-/m1/s1. The Morgan fingerprint density at radius 2 is 1.78 bits per heavy atom. The van der Waals surface area contributed by atoms with Crippen molar-refractivity contribution < 1.29 is 9.59 Å². The number of hydrogen-bond donors (Lipinski definition) is 2. The summed E-state index contributed by atoms with van der Waals surface area (Å²) in [6, 6.07) is 18.9. The highest BCUT2D eigenvalue weighted by Gasteiger charge is 2.36. The van der Waals surface area contributed by atoms with Crippen molar-refractivity contribution in [3.05, 3.63) is 72.1 Å². The Kier molecular flexibility index (Phi) is 9.20. The fourth-order valence-electron chi connectivity index (χ4n) is 8.09. The molecular weight excluding hydrogens is 699 g/mol. The third kappa shape index (κ3) is 6.89. The van der Waals surface area contributed by atoms with Gasteiger partial charge in [-0.2, -0.15) is 10.4 Å². The molecule has 0 radical (unpaired) electrons. The number of rotatable bonds is 10. The minimum absolute atomic E-state index is 0.0200. The molecule has 3 aliphatic heterocycles. The van der Waals surface area contributed by atoms with Gasteiger partial charge < -0.3 is 25.2 Å². The van der Waals surface area contributed by atoms with E-state index < -0.39 is 5.41 Å². The van der Waals surface area contributed by atoms with Crippen LogP contribution < -0.4 is 20.4 Å². The molecule has 1 saturated carbocycles. The van der Waals surface area contributed by atoms with Gasteiger partial charge in [-0.25, -0.2) is 4.52 Å². The lowest BCUT2D eigenvalue weighted by Gasteiger charge is -2.39. The van der Waals surface area contributed by atoms with Crippen molar-refractivity contribution in [2.45, 2.75) is 50.0 Å². The van der Waals surface area contributed by atoms with Gasteiger partial charge in [0.15, 0.2) is 5.01 Å². The molecule has 9 rings (SSSR count). The van der Waals surface area contributed by atoms with Gasteiger partial charge in [-0.15, -0.1) is 10.2 Å². The smallest absolute Gasteiger partial charge is 0.220 e. The van der Waals surface area contributed by atoms with E-state index in [0.717, 1.165) is 122 Å². The van der Waals surface area contributed by atoms with Crippen molar-refractivity contribution in [2.75, 3.05) is 67.5 Å². The van der Waals surface area contributed by atoms with Crippen LogP contribution in [0.25, 0.3) is 27.5 Å². The van der Waals surface area contributed by atoms with Crippen LogP contribution in [0.2, 0.25) is 0 Å². The fourth-order valence-corrected chi connectivity index (χ4v) is 9.01. The zero-order valence-corrected chi connectivity index (χ0v) is 31.0. The Hall–Kier alpha value is -5.39. The molecule has 3 saturated heterocycles. The topological polar surface area (TPSA) is 148 Å². The highest BCUT2D eigenvalue weighted by atomic mass is 32.1. The van der Waals surface area contributed by atoms with Gasteiger partial charge in [0, 0.05) is 82.4 Å². The third-order valence-electron chi connectivity index (χ3n) is 11.6. The molecule has 4 fully saturated rings. The second kappa shape index (κ2) is 14.4. The average molecular weight is 742 g/mol. The number of anilines is 3. The van der Waals surface area contributed by atoms with Crippen LogP contribution in [-0.4, -0.2) is 100 Å². The second-order valence-corrected chi connectivity index (χ2v) is 16.1. The van der Waals surface area contributed by atoms with Crippen molar-refractivity contribution in [2.24, 2.45) is 5.92 Å². The maximum Gasteiger partial charge on any atom is 0.220 e. The Balaban J connectivity index is 0.793. The summed E-state index contributed by atoms with van der Waals surface area (Å²) in [5.74, 6) is 0.694. The van der Waals surface area contributed by atoms with E-state index >= 15 is 0 Å². The molecule has 0 bridgehead atoms. The number of carbonyl (C=O) groups excluding carboxylic acids is 2. The molecule has 276 valence electrons. The van der Waals surface area contributed by atoms with Crippen LogP contribution in [-0.2, 0) is 15.0 Å². The van der Waals surface area contributed by atoms with Crippen LogP contribution in [0.5, 0.6) is 0 Å². The largest absolute Gasteiger partial charge is 0.382 e. The molecule has 13 nitrogen and oxygen atoms in total. The molecule has 4 aliphatic rings. The number of nitrogens with one attached hydrogen (secondary N) is 2. The van der Waals surface area contributed by atoms with E-state index in [-0.39, 0.29) is 5.91 Å². The molecule has 0 unspecified atom stereocenters. The molecule has 0 spiro atoms. The second-order valence-electron chi connectivity index (χ2n) is 15.2. The Morgan fingerprint density at radius 3 is 2.50 bits per heavy atom. The molecule has 14 heteroatoms. The van der Waals surface area contributed by atoms with E-state index in [1.807, 2.05) is 28.9 Å². The lowest BCUT2D eigenvalue weighted by Crippen LogP contribution is -2.49. The summed E-state index contributed by atoms with van der Waals surface area (Å²) in [4.78, 5) is 36.0. The summed E-state index contributed by atoms with van der Waals surface area (Å²) >= 11 is 1.63. The molecule has 1 aliphatic carbocycles. The van der Waals surface area contributed by atoms with E-state index in [1.165, 1.54) is 5.69 Å². The van der Waals surface area contributed by atoms with Crippen LogP contribution in [0, 0.1) is 17.2 Å². The number of nitrogens with zero attached hydrogens (tertiary/aromatic N) is 9. The van der Waals surface area contributed by atoms with Gasteiger partial charge in [-0.05, 0) is 80.0 Å². The fraction of sp³-hybridized carbons (Fsp3) is 0.425. The van der Waals surface area contributed by atoms with Crippen molar-refractivity contribution in [1.29, 1.82) is 5.26 Å². The first-order valence-electron chi connectivity index (χ1n) is 19.0. The number of fused-ring (bicyclic) bond motifs is 1. The van der Waals surface area contributed by atoms with Gasteiger partial charge in [0.1, 0.15) is 12.4 Å². The van der Waals surface area contributed by atoms with E-state index in [9.17, 15) is 14.9 Å². The maximum atomic E-state index is 12.1. The lowest BCUT2D eigenvalue weighted by molar-refractivity contribution is -0.124. The van der Waals surface area contributed by atoms with E-state index in [2.05, 4.69) is 77.0 Å². The van der Waals surface area contributed by atoms with Gasteiger partial charge in [0.2, 0.25) is 11.0 Å². The van der Waals surface area contributed by atoms with Gasteiger partial charge >= 0.3 is 0 Å². The first kappa shape index (κ1) is 34.4. The van der Waals surface area contributed by atoms with E-state index in [4.69, 9.17) is 4.98 Å². The highest BCUT2D eigenvalue weighted by Crippen LogP contribution is 2.38. The van der Waals surface area contributed by atoms with Crippen molar-refractivity contribution >= 4 is 45.6 Å². The minimum Gasteiger partial charge on any atom is -0.382 e. The molecule has 2 N–H and O–H groups in total. The molecule has 54 heavy (non-hydrogen) atoms. The van der Waals surface area contributed by atoms with Gasteiger partial charge in [0.25, 0.3) is 0 Å². The van der Waals surface area contributed by atoms with Crippen LogP contribution in [0.4, 0.5) is 16.5 Å². The number of pyridine rings is 1. The molecule has 5 aromatic rings. The van der Waals surface area contributed by atoms with Crippen LogP contribution in [0.3, 0.4) is 0 Å². The summed E-state index contributed by atoms with van der Waals surface area (Å²) in [6.45, 7) is 7.43. The number of aldehydes is 1. The molecule has 4 aromatic heterocycles. The first-order chi connectivity index (χ1) is 26.5. The lowest BCUT2D eigenvalue weighted by atomic mass is 9.76. The minimum atomic E-state index is -0.618. The summed E-state index contributed by atoms with van der Waals surface area (Å²) in [7, 11) is 0. The van der Waals surface area contributed by atoms with Gasteiger partial charge in [-0.3, -0.25) is 14.7 Å². The number of nitriles is 1. The normalized spacial score (nSPS) is 21.2. The van der Waals surface area contributed by atoms with Crippen molar-refractivity contribution in [3.63, 3.8) is 0 Å². The summed E-state index contributed by atoms with van der Waals surface area (Å²) in [5.41, 5.74) is 6.59. The Bertz CT molecular complexity index is 2200. The van der Waals surface area contributed by atoms with E-state index in [1.54, 1.807) is 17.5 Å². The summed E-state index contributed by atoms with van der Waals surface area (Å²) in [6.07, 6.45) is 10.1. The number of hydrogen-bond acceptors (Lipinski definition) is 12. The zero-order valence-electron chi connectivity index (χ0n) is 30.2. The zero-order chi connectivity index (χ0) is 36.6. The molecule has 1 atom stereocenters. The predicted octanol–water partition coefficient (Wildman–Crippen LogP) is 4.75. The van der Waals surface area contributed by atoms with Crippen molar-refractivity contribution in [3.8, 4) is 28.0 Å². The molecular formula is C40H43N11O2S. The summed E-state index contributed by atoms with van der Waals surface area (Å²) < 4.78 is 1.82. The quantitative estimate of drug-likeness (QED) is 0.191. The number of benzene rings is 1. The number of piperazine rings is 1. The van der Waals surface area contributed by atoms with Crippen LogP contribution in [0.1, 0.15) is 49.7 Å². The van der Waals surface area contributed by atoms with Crippen LogP contribution >= 0.6 is 11.3 Å². The molecule has 1 aromatic carbocycles. The Morgan fingerprint density at radius 1 is 0.963 bits per heavy atom. The number of carbonyl (C=O) groups is 2. The third-order valence-corrected chi connectivity index (χ3v) is 12.6. The number of piperidine rings is 2. The van der Waals surface area contributed by atoms with Gasteiger partial charge in [0.05, 0.1) is 39.6 Å². The number of aromatic nitrogens is 5. The molecule has 7 heterocycles. The van der Waals surface area contributed by atoms with Gasteiger partial charge in [-0.1, -0.05) is 23.5 Å². The van der Waals surface area contributed by atoms with Crippen molar-refractivity contribution in [1.82, 2.24) is 35.0 Å². The Labute approximate surface area is 318 Å². The van der Waals surface area contributed by atoms with E-state index in [0.29, 0.717) is 36.9 Å². The summed E-state index contributed by atoms with van der Waals surface area (Å²) in [5, 5.41) is 31.4. The predicted molar refractivity (Wildman–Crippen MR) is 209 cm³/mol. The number of amides is 1. The SMILES string of the molecule is N#Cc1cnn2c(-c3cc(NC4CC4)c(-c4nnc(N5CCN(CC6CCN(c7ccc([C@]8(C=O)CCC(=O)NC8)cc7)CC6)CC5)s4)cn3)ccc2c1. The van der Waals surface area contributed by atoms with Crippen LogP contribution in [0.15, 0.2) is 60.9 Å². The maximum absolute atomic E-state index is 12.1. The highest BCUT2D eigenvalue weighted by molar-refractivity contribution is 7.18. The monoisotopic (exact) mass is 741 g/mol.